The van der Waals surface area contributed by atoms with Gasteiger partial charge in [-0.15, -0.1) is 0 Å². The fourth-order valence-electron chi connectivity index (χ4n) is 11.2. The van der Waals surface area contributed by atoms with Gasteiger partial charge in [0.1, 0.15) is 13.2 Å². The van der Waals surface area contributed by atoms with Crippen LogP contribution in [-0.4, -0.2) is 82.3 Å². The number of rotatable bonds is 72. The maximum atomic E-state index is 13.0. The summed E-state index contributed by atoms with van der Waals surface area (Å²) in [4.78, 5) is 37.6. The average molecular weight is 1280 g/mol. The molecular formula is C82H147NO8. The van der Waals surface area contributed by atoms with E-state index in [1.54, 1.807) is 0 Å². The normalized spacial score (nSPS) is 13.1. The van der Waals surface area contributed by atoms with Crippen LogP contribution in [-0.2, 0) is 33.3 Å². The van der Waals surface area contributed by atoms with Crippen molar-refractivity contribution in [3.05, 3.63) is 85.1 Å². The van der Waals surface area contributed by atoms with Crippen LogP contribution in [0.1, 0.15) is 361 Å². The number of allylic oxidation sites excluding steroid dienone is 14. The molecule has 0 saturated heterocycles. The van der Waals surface area contributed by atoms with Gasteiger partial charge in [-0.05, 0) is 89.9 Å². The Kier molecular flexibility index (Phi) is 69.5. The van der Waals surface area contributed by atoms with Crippen LogP contribution in [0, 0.1) is 0 Å². The highest BCUT2D eigenvalue weighted by molar-refractivity contribution is 5.70. The molecule has 2 unspecified atom stereocenters. The van der Waals surface area contributed by atoms with Crippen LogP contribution < -0.4 is 5.11 Å². The molecule has 0 aromatic rings. The van der Waals surface area contributed by atoms with Crippen LogP contribution in [0.15, 0.2) is 85.1 Å². The Bertz CT molecular complexity index is 1770. The van der Waals surface area contributed by atoms with Crippen LogP contribution in [0.5, 0.6) is 0 Å². The number of hydrogen-bond acceptors (Lipinski definition) is 8. The maximum absolute atomic E-state index is 13.0. The number of ether oxygens (including phenoxy) is 4. The van der Waals surface area contributed by atoms with Crippen molar-refractivity contribution >= 4 is 17.9 Å². The topological polar surface area (TPSA) is 111 Å². The number of aliphatic carboxylic acids is 1. The van der Waals surface area contributed by atoms with E-state index >= 15 is 0 Å². The first-order valence-corrected chi connectivity index (χ1v) is 38.7. The summed E-state index contributed by atoms with van der Waals surface area (Å²) in [7, 11) is 5.94. The number of quaternary nitrogens is 1. The zero-order valence-corrected chi connectivity index (χ0v) is 60.5. The Hall–Kier alpha value is -3.53. The van der Waals surface area contributed by atoms with Gasteiger partial charge in [0.15, 0.2) is 12.4 Å². The van der Waals surface area contributed by atoms with Crippen molar-refractivity contribution < 1.29 is 42.9 Å². The first-order chi connectivity index (χ1) is 44.6. The van der Waals surface area contributed by atoms with Gasteiger partial charge in [0.05, 0.1) is 40.3 Å². The summed E-state index contributed by atoms with van der Waals surface area (Å²) in [6, 6.07) is 0. The third-order valence-corrected chi connectivity index (χ3v) is 17.1. The summed E-state index contributed by atoms with van der Waals surface area (Å²) >= 11 is 0. The number of carbonyl (C=O) groups is 3. The minimum atomic E-state index is -1.62. The molecule has 528 valence electrons. The first-order valence-electron chi connectivity index (χ1n) is 38.7. The van der Waals surface area contributed by atoms with Gasteiger partial charge >= 0.3 is 11.9 Å². The lowest BCUT2D eigenvalue weighted by atomic mass is 10.0. The van der Waals surface area contributed by atoms with Crippen molar-refractivity contribution in [1.82, 2.24) is 0 Å². The smallest absolute Gasteiger partial charge is 0.306 e. The molecule has 0 aromatic heterocycles. The lowest BCUT2D eigenvalue weighted by Gasteiger charge is -2.26. The van der Waals surface area contributed by atoms with E-state index in [-0.39, 0.29) is 32.2 Å². The summed E-state index contributed by atoms with van der Waals surface area (Å²) in [5, 5.41) is 11.9. The second-order valence-corrected chi connectivity index (χ2v) is 27.3. The predicted octanol–water partition coefficient (Wildman–Crippen LogP) is 23.3. The molecule has 9 nitrogen and oxygen atoms in total. The molecule has 0 radical (unpaired) electrons. The molecular weight excluding hydrogens is 1130 g/mol. The van der Waals surface area contributed by atoms with Crippen LogP contribution in [0.2, 0.25) is 0 Å². The molecule has 0 spiro atoms. The monoisotopic (exact) mass is 1270 g/mol. The largest absolute Gasteiger partial charge is 0.545 e. The van der Waals surface area contributed by atoms with Gasteiger partial charge in [-0.1, -0.05) is 343 Å². The maximum Gasteiger partial charge on any atom is 0.306 e. The number of carbonyl (C=O) groups excluding carboxylic acids is 3. The van der Waals surface area contributed by atoms with Crippen molar-refractivity contribution in [2.24, 2.45) is 0 Å². The molecule has 0 aromatic carbocycles. The van der Waals surface area contributed by atoms with Crippen molar-refractivity contribution in [1.29, 1.82) is 0 Å². The lowest BCUT2D eigenvalue weighted by Crippen LogP contribution is -2.44. The van der Waals surface area contributed by atoms with Gasteiger partial charge in [-0.25, -0.2) is 0 Å². The Morgan fingerprint density at radius 1 is 0.341 bits per heavy atom. The highest BCUT2D eigenvalue weighted by Gasteiger charge is 2.22. The second kappa shape index (κ2) is 72.3. The van der Waals surface area contributed by atoms with Gasteiger partial charge in [0, 0.05) is 12.8 Å². The second-order valence-electron chi connectivity index (χ2n) is 27.3. The molecule has 0 rings (SSSR count). The van der Waals surface area contributed by atoms with Gasteiger partial charge in [0.2, 0.25) is 0 Å². The fraction of sp³-hybridized carbons (Fsp3) is 0.793. The van der Waals surface area contributed by atoms with Crippen molar-refractivity contribution in [2.45, 2.75) is 373 Å². The van der Waals surface area contributed by atoms with Crippen molar-refractivity contribution in [3.63, 3.8) is 0 Å². The predicted molar refractivity (Wildman–Crippen MR) is 389 cm³/mol. The third kappa shape index (κ3) is 73.7. The quantitative estimate of drug-likeness (QED) is 0.0195. The van der Waals surface area contributed by atoms with E-state index in [0.29, 0.717) is 23.9 Å². The van der Waals surface area contributed by atoms with E-state index in [1.165, 1.54) is 250 Å². The van der Waals surface area contributed by atoms with E-state index in [4.69, 9.17) is 18.9 Å². The van der Waals surface area contributed by atoms with Crippen LogP contribution in [0.4, 0.5) is 0 Å². The number of nitrogens with zero attached hydrogens (tertiary/aromatic N) is 1. The van der Waals surface area contributed by atoms with Gasteiger partial charge in [-0.2, -0.15) is 0 Å². The van der Waals surface area contributed by atoms with Crippen LogP contribution >= 0.6 is 0 Å². The number of likely N-dealkylation sites (N-methyl/N-ethyl adjacent to an activating group) is 1. The lowest BCUT2D eigenvalue weighted by molar-refractivity contribution is -0.870. The molecule has 0 fully saturated rings. The minimum Gasteiger partial charge on any atom is -0.545 e. The zero-order chi connectivity index (χ0) is 66.1. The van der Waals surface area contributed by atoms with Gasteiger partial charge in [-0.3, -0.25) is 9.59 Å². The molecule has 0 saturated carbocycles. The Morgan fingerprint density at radius 3 is 0.945 bits per heavy atom. The van der Waals surface area contributed by atoms with Crippen LogP contribution in [0.25, 0.3) is 0 Å². The highest BCUT2D eigenvalue weighted by Crippen LogP contribution is 2.19. The molecule has 0 aliphatic heterocycles. The molecule has 91 heavy (non-hydrogen) atoms. The summed E-state index contributed by atoms with van der Waals surface area (Å²) in [5.41, 5.74) is 0. The van der Waals surface area contributed by atoms with Gasteiger partial charge < -0.3 is 33.3 Å². The van der Waals surface area contributed by atoms with Crippen molar-refractivity contribution in [2.75, 3.05) is 47.5 Å². The molecule has 0 amide bonds. The van der Waals surface area contributed by atoms with Crippen LogP contribution in [0.3, 0.4) is 0 Å². The van der Waals surface area contributed by atoms with E-state index in [2.05, 4.69) is 98.9 Å². The molecule has 0 aliphatic rings. The third-order valence-electron chi connectivity index (χ3n) is 17.1. The number of esters is 2. The standard InChI is InChI=1S/C82H147NO8/c1-6-8-10-12-14-16-18-20-22-24-26-28-30-32-34-36-38-40-42-44-46-48-50-52-54-56-58-60-62-64-66-68-70-72-79(84)89-76-78(77-90-82(81(86)87)88-75-74-83(3,4)5)91-80(85)73-71-69-67-65-63-61-59-57-55-53-51-49-47-45-43-41-39-37-35-33-31-29-27-25-23-21-19-17-15-13-11-9-7-2/h9,11,15,17,21,23-24,26-27,29,33,35,39,41,78,82H,6-8,10,12-14,16,18-20,22,25,28,30-32,34,36-38,40,42-77H2,1-5H3/b11-9-,17-15-,23-21-,26-24-,29-27-,35-33-,41-39-. The molecule has 0 N–H and O–H groups in total. The molecule has 0 bridgehead atoms. The Morgan fingerprint density at radius 2 is 0.626 bits per heavy atom. The average Bonchev–Trinajstić information content (AvgIpc) is 3.46. The highest BCUT2D eigenvalue weighted by atomic mass is 16.7. The molecule has 9 heteroatoms. The Labute approximate surface area is 563 Å². The van der Waals surface area contributed by atoms with E-state index < -0.39 is 24.3 Å². The van der Waals surface area contributed by atoms with Gasteiger partial charge in [0.25, 0.3) is 0 Å². The minimum absolute atomic E-state index is 0.147. The first kappa shape index (κ1) is 87.5. The number of hydrogen-bond donors (Lipinski definition) is 0. The fourth-order valence-corrected chi connectivity index (χ4v) is 11.2. The van der Waals surface area contributed by atoms with E-state index in [1.807, 2.05) is 21.1 Å². The molecule has 0 heterocycles. The van der Waals surface area contributed by atoms with E-state index in [9.17, 15) is 19.5 Å². The summed E-state index contributed by atoms with van der Waals surface area (Å²) in [6.07, 6.45) is 95.5. The zero-order valence-electron chi connectivity index (χ0n) is 60.5. The number of carboxylic acids is 1. The Balaban J connectivity index is 4.03. The molecule has 2 atom stereocenters. The SMILES string of the molecule is CC/C=C\C/C=C\C/C=C\C/C=C\C/C=C\C/C=C\CCCCCCCCCCCCCCCCC(=O)OC(COC(=O)CCCCCCCCCCCCCCCCCCCCCCC/C=C\CCCCCCCCCC)COC(OCC[N+](C)(C)C)C(=O)[O-]. The van der Waals surface area contributed by atoms with E-state index in [0.717, 1.165) is 77.0 Å². The summed E-state index contributed by atoms with van der Waals surface area (Å²) in [6.45, 7) is 4.68. The summed E-state index contributed by atoms with van der Waals surface area (Å²) in [5.74, 6) is -2.26. The van der Waals surface area contributed by atoms with Crippen molar-refractivity contribution in [3.8, 4) is 0 Å². The molecule has 0 aliphatic carbocycles. The summed E-state index contributed by atoms with van der Waals surface area (Å²) < 4.78 is 22.9. The number of carboxylic acid groups (broad SMARTS) is 1. The number of unbranched alkanes of at least 4 members (excludes halogenated alkanes) is 43.